The third-order valence-corrected chi connectivity index (χ3v) is 4.97. The third kappa shape index (κ3) is 3.53. The first-order valence-electron chi connectivity index (χ1n) is 7.26. The van der Waals surface area contributed by atoms with Crippen LogP contribution in [0.15, 0.2) is 11.4 Å². The third-order valence-electron chi connectivity index (χ3n) is 4.06. The maximum atomic E-state index is 12.6. The molecule has 1 aliphatic rings. The van der Waals surface area contributed by atoms with E-state index in [1.807, 2.05) is 6.92 Å². The van der Waals surface area contributed by atoms with Crippen LogP contribution in [0.4, 0.5) is 0 Å². The van der Waals surface area contributed by atoms with Gasteiger partial charge in [0.25, 0.3) is 0 Å². The van der Waals surface area contributed by atoms with Gasteiger partial charge in [0, 0.05) is 11.1 Å². The van der Waals surface area contributed by atoms with Crippen LogP contribution in [-0.4, -0.2) is 21.9 Å². The zero-order valence-corrected chi connectivity index (χ0v) is 13.1. The molecule has 4 N–H and O–H groups in total. The molecule has 0 atom stereocenters. The summed E-state index contributed by atoms with van der Waals surface area (Å²) in [4.78, 5) is 18.0. The van der Waals surface area contributed by atoms with Gasteiger partial charge in [0.15, 0.2) is 5.84 Å². The highest BCUT2D eigenvalue weighted by atomic mass is 32.1. The van der Waals surface area contributed by atoms with E-state index < -0.39 is 5.41 Å². The highest BCUT2D eigenvalue weighted by molar-refractivity contribution is 7.11. The van der Waals surface area contributed by atoms with Gasteiger partial charge in [-0.15, -0.1) is 11.3 Å². The molecule has 0 saturated heterocycles. The van der Waals surface area contributed by atoms with Gasteiger partial charge in [0.05, 0.1) is 6.54 Å². The van der Waals surface area contributed by atoms with E-state index in [9.17, 15) is 4.79 Å². The minimum absolute atomic E-state index is 0.0252. The topological polar surface area (TPSA) is 101 Å². The van der Waals surface area contributed by atoms with Gasteiger partial charge >= 0.3 is 0 Å². The first-order valence-corrected chi connectivity index (χ1v) is 8.08. The Kier molecular flexibility index (Phi) is 5.17. The number of oxime groups is 1. The zero-order valence-electron chi connectivity index (χ0n) is 12.3. The summed E-state index contributed by atoms with van der Waals surface area (Å²) in [6, 6.07) is 0. The highest BCUT2D eigenvalue weighted by Gasteiger charge is 2.42. The predicted octanol–water partition coefficient (Wildman–Crippen LogP) is 2.15. The zero-order chi connectivity index (χ0) is 15.3. The Morgan fingerprint density at radius 1 is 1.48 bits per heavy atom. The monoisotopic (exact) mass is 310 g/mol. The van der Waals surface area contributed by atoms with E-state index in [-0.39, 0.29) is 11.7 Å². The number of nitrogens with one attached hydrogen (secondary N) is 1. The van der Waals surface area contributed by atoms with Crippen molar-refractivity contribution in [2.45, 2.75) is 52.0 Å². The van der Waals surface area contributed by atoms with Crippen molar-refractivity contribution in [1.29, 1.82) is 0 Å². The van der Waals surface area contributed by atoms with Crippen molar-refractivity contribution in [3.05, 3.63) is 16.1 Å². The number of aryl methyl sites for hydroxylation is 1. The van der Waals surface area contributed by atoms with E-state index in [1.54, 1.807) is 17.5 Å². The van der Waals surface area contributed by atoms with E-state index >= 15 is 0 Å². The van der Waals surface area contributed by atoms with Crippen molar-refractivity contribution in [3.8, 4) is 0 Å². The summed E-state index contributed by atoms with van der Waals surface area (Å²) in [5.41, 5.74) is 4.97. The number of aromatic nitrogens is 1. The Hall–Kier alpha value is -1.63. The molecular weight excluding hydrogens is 288 g/mol. The maximum absolute atomic E-state index is 12.6. The molecule has 0 bridgehead atoms. The summed E-state index contributed by atoms with van der Waals surface area (Å²) >= 11 is 1.56. The minimum atomic E-state index is -0.877. The maximum Gasteiger partial charge on any atom is 0.234 e. The van der Waals surface area contributed by atoms with Crippen LogP contribution >= 0.6 is 11.3 Å². The van der Waals surface area contributed by atoms with Crippen molar-refractivity contribution in [1.82, 2.24) is 10.3 Å². The molecule has 1 heterocycles. The molecule has 1 amide bonds. The van der Waals surface area contributed by atoms with E-state index in [0.29, 0.717) is 19.4 Å². The molecular formula is C14H22N4O2S. The summed E-state index contributed by atoms with van der Waals surface area (Å²) in [5, 5.41) is 15.9. The number of amides is 1. The normalized spacial score (nSPS) is 19.0. The van der Waals surface area contributed by atoms with Crippen LogP contribution in [0.3, 0.4) is 0 Å². The van der Waals surface area contributed by atoms with Crippen LogP contribution < -0.4 is 11.1 Å². The van der Waals surface area contributed by atoms with Gasteiger partial charge in [0.2, 0.25) is 5.91 Å². The quantitative estimate of drug-likeness (QED) is 0.261. The molecule has 21 heavy (non-hydrogen) atoms. The van der Waals surface area contributed by atoms with E-state index in [1.165, 1.54) is 0 Å². The number of nitrogens with zero attached hydrogens (tertiary/aromatic N) is 2. The van der Waals surface area contributed by atoms with Crippen molar-refractivity contribution >= 4 is 23.1 Å². The fraction of sp³-hybridized carbons (Fsp3) is 0.643. The fourth-order valence-electron chi connectivity index (χ4n) is 2.84. The lowest BCUT2D eigenvalue weighted by Crippen LogP contribution is -2.49. The van der Waals surface area contributed by atoms with Crippen LogP contribution in [0.25, 0.3) is 0 Å². The number of nitrogens with two attached hydrogens (primary N) is 1. The number of hydrogen-bond acceptors (Lipinski definition) is 5. The molecule has 0 aliphatic heterocycles. The number of carbonyl (C=O) groups is 1. The average Bonchev–Trinajstić information content (AvgIpc) is 2.76. The van der Waals surface area contributed by atoms with Crippen LogP contribution in [0.1, 0.15) is 48.4 Å². The molecule has 116 valence electrons. The lowest BCUT2D eigenvalue weighted by molar-refractivity contribution is -0.128. The molecule has 0 spiro atoms. The Bertz CT molecular complexity index is 519. The second kappa shape index (κ2) is 6.89. The molecule has 6 nitrogen and oxygen atoms in total. The second-order valence-corrected chi connectivity index (χ2v) is 6.85. The lowest BCUT2D eigenvalue weighted by Gasteiger charge is -2.29. The van der Waals surface area contributed by atoms with Gasteiger partial charge in [-0.1, -0.05) is 30.8 Å². The highest BCUT2D eigenvalue weighted by Crippen LogP contribution is 2.35. The summed E-state index contributed by atoms with van der Waals surface area (Å²) in [5.74, 6) is -0.134. The van der Waals surface area contributed by atoms with Crippen molar-refractivity contribution in [2.75, 3.05) is 0 Å². The van der Waals surface area contributed by atoms with Gasteiger partial charge in [-0.05, 0) is 19.8 Å². The van der Waals surface area contributed by atoms with E-state index in [0.717, 1.165) is 35.6 Å². The van der Waals surface area contributed by atoms with Gasteiger partial charge in [-0.25, -0.2) is 4.98 Å². The summed E-state index contributed by atoms with van der Waals surface area (Å²) in [6.45, 7) is 2.37. The number of amidine groups is 1. The van der Waals surface area contributed by atoms with Gasteiger partial charge < -0.3 is 16.3 Å². The predicted molar refractivity (Wildman–Crippen MR) is 82.2 cm³/mol. The fourth-order valence-corrected chi connectivity index (χ4v) is 3.56. The van der Waals surface area contributed by atoms with Crippen molar-refractivity contribution < 1.29 is 10.0 Å². The lowest BCUT2D eigenvalue weighted by atomic mass is 9.78. The number of hydrogen-bond donors (Lipinski definition) is 3. The summed E-state index contributed by atoms with van der Waals surface area (Å²) in [7, 11) is 0. The average molecular weight is 310 g/mol. The molecule has 1 aromatic heterocycles. The molecule has 0 aromatic carbocycles. The molecule has 7 heteroatoms. The Morgan fingerprint density at radius 3 is 2.67 bits per heavy atom. The van der Waals surface area contributed by atoms with Crippen LogP contribution in [0.2, 0.25) is 0 Å². The molecule has 2 rings (SSSR count). The molecule has 0 unspecified atom stereocenters. The SMILES string of the molecule is Cc1cnc(CNC(=O)C2(C(N)=NO)CCCCCC2)s1. The van der Waals surface area contributed by atoms with Gasteiger partial charge in [0.1, 0.15) is 10.4 Å². The smallest absolute Gasteiger partial charge is 0.234 e. The number of thiazole rings is 1. The summed E-state index contributed by atoms with van der Waals surface area (Å²) < 4.78 is 0. The van der Waals surface area contributed by atoms with Gasteiger partial charge in [-0.3, -0.25) is 4.79 Å². The molecule has 1 saturated carbocycles. The number of carbonyl (C=O) groups excluding carboxylic acids is 1. The molecule has 1 aliphatic carbocycles. The van der Waals surface area contributed by atoms with E-state index in [2.05, 4.69) is 15.5 Å². The number of rotatable bonds is 4. The van der Waals surface area contributed by atoms with Crippen molar-refractivity contribution in [2.24, 2.45) is 16.3 Å². The second-order valence-electron chi connectivity index (χ2n) is 5.53. The largest absolute Gasteiger partial charge is 0.409 e. The molecule has 1 aromatic rings. The van der Waals surface area contributed by atoms with Crippen LogP contribution in [0, 0.1) is 12.3 Å². The Morgan fingerprint density at radius 2 is 2.14 bits per heavy atom. The molecule has 0 radical (unpaired) electrons. The minimum Gasteiger partial charge on any atom is -0.409 e. The Balaban J connectivity index is 2.10. The van der Waals surface area contributed by atoms with Crippen LogP contribution in [0.5, 0.6) is 0 Å². The van der Waals surface area contributed by atoms with Crippen LogP contribution in [-0.2, 0) is 11.3 Å². The molecule has 1 fully saturated rings. The standard InChI is InChI=1S/C14H22N4O2S/c1-10-8-16-11(21-10)9-17-13(19)14(12(15)18-20)6-4-2-3-5-7-14/h8,20H,2-7,9H2,1H3,(H2,15,18)(H,17,19). The first-order chi connectivity index (χ1) is 10.1. The van der Waals surface area contributed by atoms with E-state index in [4.69, 9.17) is 10.9 Å². The Labute approximate surface area is 128 Å². The van der Waals surface area contributed by atoms with Crippen molar-refractivity contribution in [3.63, 3.8) is 0 Å². The van der Waals surface area contributed by atoms with Gasteiger partial charge in [-0.2, -0.15) is 0 Å². The summed E-state index contributed by atoms with van der Waals surface area (Å²) in [6.07, 6.45) is 7.05. The first kappa shape index (κ1) is 15.8.